The Morgan fingerprint density at radius 1 is 1.05 bits per heavy atom. The molecule has 8 nitrogen and oxygen atoms in total. The Morgan fingerprint density at radius 2 is 1.87 bits per heavy atom. The van der Waals surface area contributed by atoms with Crippen LogP contribution in [0.3, 0.4) is 0 Å². The van der Waals surface area contributed by atoms with Gasteiger partial charge in [0.05, 0.1) is 42.4 Å². The smallest absolute Gasteiger partial charge is 0.380 e. The molecule has 38 heavy (non-hydrogen) atoms. The third-order valence-corrected chi connectivity index (χ3v) is 6.90. The largest absolute Gasteiger partial charge is 0.433 e. The van der Waals surface area contributed by atoms with Crippen LogP contribution in [0.5, 0.6) is 0 Å². The van der Waals surface area contributed by atoms with Crippen LogP contribution in [-0.4, -0.2) is 52.0 Å². The molecule has 5 heterocycles. The van der Waals surface area contributed by atoms with E-state index in [1.165, 1.54) is 6.07 Å². The molecular weight excluding hydrogens is 497 g/mol. The molecule has 1 amide bonds. The highest BCUT2D eigenvalue weighted by molar-refractivity contribution is 6.04. The highest BCUT2D eigenvalue weighted by atomic mass is 19.4. The van der Waals surface area contributed by atoms with E-state index in [-0.39, 0.29) is 5.56 Å². The molecule has 0 bridgehead atoms. The molecule has 3 aromatic heterocycles. The zero-order valence-corrected chi connectivity index (χ0v) is 20.4. The third-order valence-electron chi connectivity index (χ3n) is 6.90. The highest BCUT2D eigenvalue weighted by Gasteiger charge is 2.49. The Hall–Kier alpha value is -4.25. The maximum atomic E-state index is 13.0. The average Bonchev–Trinajstić information content (AvgIpc) is 3.33. The second-order valence-electron chi connectivity index (χ2n) is 9.84. The van der Waals surface area contributed by atoms with Gasteiger partial charge in [0.15, 0.2) is 0 Å². The van der Waals surface area contributed by atoms with Crippen LogP contribution < -0.4 is 10.2 Å². The minimum atomic E-state index is -4.64. The number of nitrogens with one attached hydrogen (secondary N) is 1. The van der Waals surface area contributed by atoms with Crippen molar-refractivity contribution in [1.29, 1.82) is 0 Å². The molecule has 1 N–H and O–H groups in total. The van der Waals surface area contributed by atoms with Crippen molar-refractivity contribution in [3.63, 3.8) is 0 Å². The summed E-state index contributed by atoms with van der Waals surface area (Å²) < 4.78 is 46.0. The molecular formula is C27H23F3N6O2. The number of benzene rings is 1. The number of anilines is 2. The monoisotopic (exact) mass is 520 g/mol. The van der Waals surface area contributed by atoms with Gasteiger partial charge in [-0.25, -0.2) is 4.68 Å². The number of pyridine rings is 2. The Kier molecular flexibility index (Phi) is 5.68. The van der Waals surface area contributed by atoms with Crippen LogP contribution >= 0.6 is 0 Å². The molecule has 0 saturated carbocycles. The van der Waals surface area contributed by atoms with Gasteiger partial charge in [-0.3, -0.25) is 14.8 Å². The summed E-state index contributed by atoms with van der Waals surface area (Å²) in [4.78, 5) is 22.7. The summed E-state index contributed by atoms with van der Waals surface area (Å²) in [6.07, 6.45) is 3.61. The second kappa shape index (κ2) is 8.95. The number of amides is 1. The summed E-state index contributed by atoms with van der Waals surface area (Å²) >= 11 is 0. The molecule has 194 valence electrons. The first kappa shape index (κ1) is 24.1. The van der Waals surface area contributed by atoms with Crippen molar-refractivity contribution in [2.45, 2.75) is 13.1 Å². The maximum Gasteiger partial charge on any atom is 0.433 e. The number of carbonyl (C=O) groups excluding carboxylic acids is 1. The lowest BCUT2D eigenvalue weighted by atomic mass is 9.78. The number of halogens is 3. The topological polar surface area (TPSA) is 85.2 Å². The molecule has 0 radical (unpaired) electrons. The fourth-order valence-electron chi connectivity index (χ4n) is 4.75. The number of nitrogens with zero attached hydrogens (tertiary/aromatic N) is 5. The molecule has 4 aromatic rings. The van der Waals surface area contributed by atoms with E-state index in [2.05, 4.69) is 31.3 Å². The van der Waals surface area contributed by atoms with E-state index in [4.69, 9.17) is 4.74 Å². The van der Waals surface area contributed by atoms with Crippen LogP contribution in [0.4, 0.5) is 24.5 Å². The summed E-state index contributed by atoms with van der Waals surface area (Å²) in [6, 6.07) is 9.28. The zero-order valence-electron chi connectivity index (χ0n) is 20.4. The molecule has 2 aliphatic heterocycles. The number of alkyl halides is 3. The molecule has 11 heteroatoms. The predicted octanol–water partition coefficient (Wildman–Crippen LogP) is 4.75. The van der Waals surface area contributed by atoms with Crippen molar-refractivity contribution in [3.05, 3.63) is 84.2 Å². The first-order chi connectivity index (χ1) is 18.2. The molecule has 0 atom stereocenters. The third kappa shape index (κ3) is 4.49. The predicted molar refractivity (Wildman–Crippen MR) is 134 cm³/mol. The first-order valence-electron chi connectivity index (χ1n) is 12.0. The van der Waals surface area contributed by atoms with Gasteiger partial charge in [-0.2, -0.15) is 18.3 Å². The first-order valence-corrected chi connectivity index (χ1v) is 12.0. The maximum absolute atomic E-state index is 13.0. The van der Waals surface area contributed by atoms with Gasteiger partial charge in [0.2, 0.25) is 0 Å². The quantitative estimate of drug-likeness (QED) is 0.409. The van der Waals surface area contributed by atoms with Crippen molar-refractivity contribution in [2.24, 2.45) is 5.41 Å². The number of aromatic nitrogens is 4. The lowest BCUT2D eigenvalue weighted by Crippen LogP contribution is -2.66. The van der Waals surface area contributed by atoms with Crippen LogP contribution in [0.25, 0.3) is 16.8 Å². The number of hydrogen-bond acceptors (Lipinski definition) is 6. The van der Waals surface area contributed by atoms with Gasteiger partial charge >= 0.3 is 6.18 Å². The van der Waals surface area contributed by atoms with Gasteiger partial charge in [-0.05, 0) is 42.8 Å². The summed E-state index contributed by atoms with van der Waals surface area (Å²) in [5.74, 6) is -0.669. The minimum Gasteiger partial charge on any atom is -0.380 e. The van der Waals surface area contributed by atoms with Gasteiger partial charge in [0.25, 0.3) is 5.91 Å². The van der Waals surface area contributed by atoms with Crippen molar-refractivity contribution in [2.75, 3.05) is 36.5 Å². The second-order valence-corrected chi connectivity index (χ2v) is 9.84. The molecule has 2 saturated heterocycles. The van der Waals surface area contributed by atoms with Crippen LogP contribution in [0, 0.1) is 12.3 Å². The molecule has 1 aromatic carbocycles. The summed E-state index contributed by atoms with van der Waals surface area (Å²) in [5.41, 5.74) is 3.96. The molecule has 0 unspecified atom stereocenters. The van der Waals surface area contributed by atoms with Crippen LogP contribution in [0.2, 0.25) is 0 Å². The van der Waals surface area contributed by atoms with E-state index >= 15 is 0 Å². The van der Waals surface area contributed by atoms with E-state index < -0.39 is 17.8 Å². The van der Waals surface area contributed by atoms with Crippen LogP contribution in [-0.2, 0) is 10.9 Å². The van der Waals surface area contributed by atoms with Crippen molar-refractivity contribution in [3.8, 4) is 16.8 Å². The standard InChI is InChI=1S/C27H23F3N6O2/c1-17-2-3-21(34-25(37)18-4-5-32-24(7-18)27(28,29)30)8-23(17)36-12-20(10-33-36)19-6-22(11-31-9-19)35-13-26(14-35)15-38-16-26/h2-12H,13-16H2,1H3,(H,34,37). The Balaban J connectivity index is 1.20. The van der Waals surface area contributed by atoms with Crippen molar-refractivity contribution in [1.82, 2.24) is 19.7 Å². The fourth-order valence-corrected chi connectivity index (χ4v) is 4.75. The Morgan fingerprint density at radius 3 is 2.61 bits per heavy atom. The lowest BCUT2D eigenvalue weighted by molar-refractivity contribution is -0.141. The molecule has 6 rings (SSSR count). The number of carbonyl (C=O) groups is 1. The molecule has 1 spiro atoms. The van der Waals surface area contributed by atoms with Gasteiger partial charge < -0.3 is 15.0 Å². The number of ether oxygens (including phenoxy) is 1. The van der Waals surface area contributed by atoms with E-state index in [0.29, 0.717) is 11.1 Å². The summed E-state index contributed by atoms with van der Waals surface area (Å²) in [7, 11) is 0. The molecule has 2 fully saturated rings. The lowest BCUT2D eigenvalue weighted by Gasteiger charge is -2.55. The molecule has 0 aliphatic carbocycles. The van der Waals surface area contributed by atoms with E-state index in [1.54, 1.807) is 29.2 Å². The Labute approximate surface area is 216 Å². The van der Waals surface area contributed by atoms with Gasteiger partial charge in [-0.15, -0.1) is 0 Å². The fraction of sp³-hybridized carbons (Fsp3) is 0.259. The van der Waals surface area contributed by atoms with Gasteiger partial charge in [0, 0.05) is 54.1 Å². The summed E-state index contributed by atoms with van der Waals surface area (Å²) in [5, 5.41) is 7.17. The van der Waals surface area contributed by atoms with Crippen molar-refractivity contribution >= 4 is 17.3 Å². The van der Waals surface area contributed by atoms with Crippen molar-refractivity contribution < 1.29 is 22.7 Å². The van der Waals surface area contributed by atoms with E-state index in [1.807, 2.05) is 25.4 Å². The van der Waals surface area contributed by atoms with E-state index in [0.717, 1.165) is 66.6 Å². The van der Waals surface area contributed by atoms with Gasteiger partial charge in [0.1, 0.15) is 5.69 Å². The van der Waals surface area contributed by atoms with Gasteiger partial charge in [-0.1, -0.05) is 6.07 Å². The van der Waals surface area contributed by atoms with Crippen LogP contribution in [0.15, 0.2) is 67.4 Å². The summed E-state index contributed by atoms with van der Waals surface area (Å²) in [6.45, 7) is 5.48. The molecule has 2 aliphatic rings. The number of rotatable bonds is 5. The SMILES string of the molecule is Cc1ccc(NC(=O)c2ccnc(C(F)(F)F)c2)cc1-n1cc(-c2cncc(N3CC4(COC4)C3)c2)cn1. The highest BCUT2D eigenvalue weighted by Crippen LogP contribution is 2.40. The number of aryl methyl sites for hydroxylation is 1. The van der Waals surface area contributed by atoms with Crippen LogP contribution in [0.1, 0.15) is 21.6 Å². The Bertz CT molecular complexity index is 1520. The zero-order chi connectivity index (χ0) is 26.5. The minimum absolute atomic E-state index is 0.138. The number of hydrogen-bond donors (Lipinski definition) is 1. The average molecular weight is 521 g/mol. The normalized spacial score (nSPS) is 16.2. The van der Waals surface area contributed by atoms with E-state index in [9.17, 15) is 18.0 Å².